The molecule has 5 heteroatoms. The zero-order chi connectivity index (χ0) is 10.8. The van der Waals surface area contributed by atoms with Gasteiger partial charge in [0.05, 0.1) is 5.69 Å². The van der Waals surface area contributed by atoms with Crippen LogP contribution in [-0.2, 0) is 6.54 Å². The highest BCUT2D eigenvalue weighted by molar-refractivity contribution is 9.10. The fourth-order valence-corrected chi connectivity index (χ4v) is 1.90. The molecule has 0 spiro atoms. The second-order valence-electron chi connectivity index (χ2n) is 3.07. The van der Waals surface area contributed by atoms with E-state index in [2.05, 4.69) is 25.9 Å². The minimum absolute atomic E-state index is 0.361. The molecule has 2 rings (SSSR count). The van der Waals surface area contributed by atoms with E-state index in [1.807, 2.05) is 24.3 Å². The van der Waals surface area contributed by atoms with Gasteiger partial charge in [-0.2, -0.15) is 0 Å². The third-order valence-electron chi connectivity index (χ3n) is 2.03. The summed E-state index contributed by atoms with van der Waals surface area (Å²) in [6.07, 6.45) is 0. The summed E-state index contributed by atoms with van der Waals surface area (Å²) in [5.74, 6) is 0.738. The molecule has 3 N–H and O–H groups in total. The highest BCUT2D eigenvalue weighted by Crippen LogP contribution is 2.23. The van der Waals surface area contributed by atoms with E-state index in [9.17, 15) is 0 Å². The van der Waals surface area contributed by atoms with Gasteiger partial charge in [0, 0.05) is 16.6 Å². The van der Waals surface area contributed by atoms with Crippen molar-refractivity contribution < 1.29 is 0 Å². The second-order valence-corrected chi connectivity index (χ2v) is 4.34. The van der Waals surface area contributed by atoms with Crippen molar-refractivity contribution in [2.45, 2.75) is 6.54 Å². The predicted octanol–water partition coefficient (Wildman–Crippen LogP) is 2.95. The molecule has 2 aromatic rings. The Bertz CT molecular complexity index is 481. The number of halogens is 2. The molecule has 0 atom stereocenters. The first-order valence-electron chi connectivity index (χ1n) is 4.41. The molecule has 0 fully saturated rings. The number of rotatable bonds is 2. The van der Waals surface area contributed by atoms with Crippen LogP contribution in [0.25, 0.3) is 11.4 Å². The Balaban J connectivity index is 2.45. The number of benzene rings is 1. The van der Waals surface area contributed by atoms with Crippen LogP contribution in [0.1, 0.15) is 5.69 Å². The van der Waals surface area contributed by atoms with Crippen molar-refractivity contribution in [1.29, 1.82) is 0 Å². The Hall–Kier alpha value is -0.840. The van der Waals surface area contributed by atoms with Crippen LogP contribution in [0.2, 0.25) is 5.15 Å². The number of imidazole rings is 1. The molecule has 0 amide bonds. The van der Waals surface area contributed by atoms with E-state index < -0.39 is 0 Å². The van der Waals surface area contributed by atoms with Crippen LogP contribution in [0.5, 0.6) is 0 Å². The number of H-pyrrole nitrogens is 1. The largest absolute Gasteiger partial charge is 0.339 e. The number of aromatic nitrogens is 2. The molecule has 1 aromatic carbocycles. The van der Waals surface area contributed by atoms with Crippen LogP contribution in [0.3, 0.4) is 0 Å². The van der Waals surface area contributed by atoms with E-state index in [0.29, 0.717) is 11.7 Å². The number of nitrogens with two attached hydrogens (primary N) is 1. The maximum absolute atomic E-state index is 5.90. The van der Waals surface area contributed by atoms with E-state index in [1.54, 1.807) is 0 Å². The molecule has 0 radical (unpaired) electrons. The lowest BCUT2D eigenvalue weighted by Crippen LogP contribution is -1.96. The van der Waals surface area contributed by atoms with Crippen molar-refractivity contribution in [2.75, 3.05) is 0 Å². The third-order valence-corrected chi connectivity index (χ3v) is 2.84. The number of nitrogens with one attached hydrogen (secondary N) is 1. The predicted molar refractivity (Wildman–Crippen MR) is 64.6 cm³/mol. The summed E-state index contributed by atoms with van der Waals surface area (Å²) in [7, 11) is 0. The van der Waals surface area contributed by atoms with Crippen LogP contribution in [0.15, 0.2) is 28.7 Å². The Morgan fingerprint density at radius 1 is 1.47 bits per heavy atom. The second kappa shape index (κ2) is 4.35. The molecule has 1 heterocycles. The van der Waals surface area contributed by atoms with Crippen molar-refractivity contribution >= 4 is 27.5 Å². The van der Waals surface area contributed by atoms with Gasteiger partial charge in [-0.15, -0.1) is 0 Å². The van der Waals surface area contributed by atoms with Gasteiger partial charge in [-0.05, 0) is 12.1 Å². The molecule has 0 aliphatic carbocycles. The van der Waals surface area contributed by atoms with E-state index in [4.69, 9.17) is 17.3 Å². The van der Waals surface area contributed by atoms with Crippen molar-refractivity contribution in [3.63, 3.8) is 0 Å². The summed E-state index contributed by atoms with van der Waals surface area (Å²) in [4.78, 5) is 7.29. The summed E-state index contributed by atoms with van der Waals surface area (Å²) in [5.41, 5.74) is 7.24. The summed E-state index contributed by atoms with van der Waals surface area (Å²) in [6.45, 7) is 0.361. The molecule has 78 valence electrons. The van der Waals surface area contributed by atoms with Gasteiger partial charge in [0.15, 0.2) is 5.15 Å². The molecular weight excluding hydrogens is 277 g/mol. The van der Waals surface area contributed by atoms with E-state index >= 15 is 0 Å². The van der Waals surface area contributed by atoms with Crippen molar-refractivity contribution in [3.05, 3.63) is 39.6 Å². The topological polar surface area (TPSA) is 54.7 Å². The molecule has 0 aliphatic rings. The lowest BCUT2D eigenvalue weighted by Gasteiger charge is -1.96. The van der Waals surface area contributed by atoms with Gasteiger partial charge in [-0.1, -0.05) is 39.7 Å². The van der Waals surface area contributed by atoms with Crippen LogP contribution in [0, 0.1) is 0 Å². The van der Waals surface area contributed by atoms with Gasteiger partial charge in [0.25, 0.3) is 0 Å². The maximum Gasteiger partial charge on any atom is 0.152 e. The number of hydrogen-bond donors (Lipinski definition) is 2. The van der Waals surface area contributed by atoms with E-state index in [-0.39, 0.29) is 0 Å². The highest BCUT2D eigenvalue weighted by Gasteiger charge is 2.08. The monoisotopic (exact) mass is 285 g/mol. The first kappa shape index (κ1) is 10.7. The Morgan fingerprint density at radius 2 is 2.27 bits per heavy atom. The van der Waals surface area contributed by atoms with Crippen molar-refractivity contribution in [1.82, 2.24) is 9.97 Å². The Kier molecular flexibility index (Phi) is 3.09. The standard InChI is InChI=1S/C10H9BrClN3/c11-7-3-1-2-6(4-7)10-14-8(5-13)9(12)15-10/h1-4H,5,13H2,(H,14,15). The summed E-state index contributed by atoms with van der Waals surface area (Å²) < 4.78 is 1.00. The number of nitrogens with zero attached hydrogens (tertiary/aromatic N) is 1. The lowest BCUT2D eigenvalue weighted by atomic mass is 10.2. The normalized spacial score (nSPS) is 10.6. The Morgan fingerprint density at radius 3 is 2.87 bits per heavy atom. The summed E-state index contributed by atoms with van der Waals surface area (Å²) in [5, 5.41) is 0.437. The minimum atomic E-state index is 0.361. The molecule has 3 nitrogen and oxygen atoms in total. The number of hydrogen-bond acceptors (Lipinski definition) is 2. The van der Waals surface area contributed by atoms with Gasteiger partial charge in [0.2, 0.25) is 0 Å². The quantitative estimate of drug-likeness (QED) is 0.892. The van der Waals surface area contributed by atoms with E-state index in [1.165, 1.54) is 0 Å². The average Bonchev–Trinajstić information content (AvgIpc) is 2.60. The minimum Gasteiger partial charge on any atom is -0.339 e. The first-order chi connectivity index (χ1) is 7.20. The van der Waals surface area contributed by atoms with Gasteiger partial charge >= 0.3 is 0 Å². The molecule has 15 heavy (non-hydrogen) atoms. The fourth-order valence-electron chi connectivity index (χ4n) is 1.30. The third kappa shape index (κ3) is 2.22. The molecule has 0 bridgehead atoms. The molecule has 0 saturated heterocycles. The smallest absolute Gasteiger partial charge is 0.152 e. The molecular formula is C10H9BrClN3. The molecule has 0 unspecified atom stereocenters. The average molecular weight is 287 g/mol. The number of aromatic amines is 1. The van der Waals surface area contributed by atoms with Gasteiger partial charge in [-0.3, -0.25) is 0 Å². The fraction of sp³-hybridized carbons (Fsp3) is 0.100. The zero-order valence-electron chi connectivity index (χ0n) is 7.80. The Labute approximate surface area is 101 Å². The maximum atomic E-state index is 5.90. The van der Waals surface area contributed by atoms with Crippen LogP contribution >= 0.6 is 27.5 Å². The zero-order valence-corrected chi connectivity index (χ0v) is 10.1. The lowest BCUT2D eigenvalue weighted by molar-refractivity contribution is 1.01. The summed E-state index contributed by atoms with van der Waals surface area (Å²) >= 11 is 9.30. The first-order valence-corrected chi connectivity index (χ1v) is 5.58. The van der Waals surface area contributed by atoms with Crippen LogP contribution in [-0.4, -0.2) is 9.97 Å². The van der Waals surface area contributed by atoms with Crippen LogP contribution < -0.4 is 5.73 Å². The molecule has 0 saturated carbocycles. The molecule has 1 aromatic heterocycles. The van der Waals surface area contributed by atoms with Crippen molar-refractivity contribution in [2.24, 2.45) is 5.73 Å². The van der Waals surface area contributed by atoms with Gasteiger partial charge in [0.1, 0.15) is 5.82 Å². The van der Waals surface area contributed by atoms with Gasteiger partial charge < -0.3 is 10.7 Å². The van der Waals surface area contributed by atoms with Crippen molar-refractivity contribution in [3.8, 4) is 11.4 Å². The van der Waals surface area contributed by atoms with E-state index in [0.717, 1.165) is 21.6 Å². The highest BCUT2D eigenvalue weighted by atomic mass is 79.9. The SMILES string of the molecule is NCc1[nH]c(-c2cccc(Br)c2)nc1Cl. The summed E-state index contributed by atoms with van der Waals surface area (Å²) in [6, 6.07) is 7.82. The molecule has 0 aliphatic heterocycles. The van der Waals surface area contributed by atoms with Gasteiger partial charge in [-0.25, -0.2) is 4.98 Å². The van der Waals surface area contributed by atoms with Crippen LogP contribution in [0.4, 0.5) is 0 Å².